The molecule has 44 heavy (non-hydrogen) atoms. The number of aliphatic hydroxyl groups is 1. The number of benzene rings is 2. The summed E-state index contributed by atoms with van der Waals surface area (Å²) in [4.78, 5) is 32.6. The highest BCUT2D eigenvalue weighted by Gasteiger charge is 2.68. The molecule has 0 aliphatic carbocycles. The molecule has 2 amide bonds. The number of nitrogens with zero attached hydrogens (tertiary/aromatic N) is 2. The van der Waals surface area contributed by atoms with Gasteiger partial charge in [-0.15, -0.1) is 0 Å². The maximum Gasteiger partial charge on any atom is 0.265 e. The fourth-order valence-corrected chi connectivity index (χ4v) is 8.82. The Hall–Kier alpha value is -3.36. The van der Waals surface area contributed by atoms with Gasteiger partial charge in [0.05, 0.1) is 50.6 Å². The van der Waals surface area contributed by atoms with Crippen LogP contribution in [0.1, 0.15) is 77.5 Å². The van der Waals surface area contributed by atoms with E-state index in [2.05, 4.69) is 59.8 Å². The second kappa shape index (κ2) is 10.6. The summed E-state index contributed by atoms with van der Waals surface area (Å²) in [6, 6.07) is 11.8. The number of carbonyl (C=O) groups is 2. The van der Waals surface area contributed by atoms with Crippen LogP contribution in [0.4, 0.5) is 5.69 Å². The molecule has 5 atom stereocenters. The number of anilines is 1. The molecule has 6 rings (SSSR count). The van der Waals surface area contributed by atoms with Crippen LogP contribution in [0, 0.1) is 11.8 Å². The van der Waals surface area contributed by atoms with E-state index in [4.69, 9.17) is 14.2 Å². The molecule has 4 aliphatic heterocycles. The molecular weight excluding hydrogens is 556 g/mol. The normalized spacial score (nSPS) is 28.8. The minimum atomic E-state index is -1.30. The second-order valence-corrected chi connectivity index (χ2v) is 14.1. The molecule has 1 N–H and O–H groups in total. The van der Waals surface area contributed by atoms with Gasteiger partial charge in [0.25, 0.3) is 5.91 Å². The number of fused-ring (bicyclic) bond motifs is 1. The van der Waals surface area contributed by atoms with Crippen molar-refractivity contribution < 1.29 is 28.9 Å². The van der Waals surface area contributed by atoms with E-state index in [0.29, 0.717) is 12.3 Å². The van der Waals surface area contributed by atoms with E-state index >= 15 is 4.79 Å². The molecule has 0 saturated carbocycles. The number of amides is 2. The number of aliphatic hydroxyl groups excluding tert-OH is 1. The van der Waals surface area contributed by atoms with Gasteiger partial charge >= 0.3 is 0 Å². The molecule has 0 radical (unpaired) electrons. The standard InChI is InChI=1S/C36H46N2O6/c1-21-19-34(3,4)38-32-27(21)16-26(43-8)17-28(32)36(33(38)41)22(2)31(35(5,6)23-11-13-25(42-7)14-12-23)29(44-36)18-30(40)37-15-9-10-24(37)20-39/h11-14,16-17,19,22,24,29,31,39H,9-10,15,18,20H2,1-8H3/t22-,24+,29+,31-,36+/m1/s1. The first-order chi connectivity index (χ1) is 20.8. The summed E-state index contributed by atoms with van der Waals surface area (Å²) in [5.74, 6) is 0.829. The van der Waals surface area contributed by atoms with E-state index in [1.807, 2.05) is 29.2 Å². The van der Waals surface area contributed by atoms with Crippen LogP contribution in [0.15, 0.2) is 42.5 Å². The van der Waals surface area contributed by atoms with Crippen molar-refractivity contribution in [1.82, 2.24) is 4.90 Å². The van der Waals surface area contributed by atoms with Crippen LogP contribution in [-0.2, 0) is 25.3 Å². The van der Waals surface area contributed by atoms with Gasteiger partial charge in [-0.25, -0.2) is 0 Å². The predicted octanol–water partition coefficient (Wildman–Crippen LogP) is 5.44. The Morgan fingerprint density at radius 3 is 2.43 bits per heavy atom. The Balaban J connectivity index is 1.51. The summed E-state index contributed by atoms with van der Waals surface area (Å²) in [5.41, 5.74) is 2.48. The molecule has 2 fully saturated rings. The van der Waals surface area contributed by atoms with Crippen molar-refractivity contribution in [3.63, 3.8) is 0 Å². The summed E-state index contributed by atoms with van der Waals surface area (Å²) in [6.45, 7) is 13.3. The van der Waals surface area contributed by atoms with E-state index in [9.17, 15) is 9.90 Å². The van der Waals surface area contributed by atoms with Gasteiger partial charge in [-0.2, -0.15) is 0 Å². The van der Waals surface area contributed by atoms with E-state index < -0.39 is 22.7 Å². The molecule has 236 valence electrons. The zero-order valence-electron chi connectivity index (χ0n) is 27.3. The van der Waals surface area contributed by atoms with Crippen LogP contribution in [-0.4, -0.2) is 66.9 Å². The van der Waals surface area contributed by atoms with Crippen molar-refractivity contribution in [2.45, 2.75) is 89.5 Å². The smallest absolute Gasteiger partial charge is 0.265 e. The molecule has 0 aromatic heterocycles. The molecule has 2 saturated heterocycles. The number of hydrogen-bond acceptors (Lipinski definition) is 6. The highest BCUT2D eigenvalue weighted by Crippen LogP contribution is 2.63. The maximum absolute atomic E-state index is 15.0. The monoisotopic (exact) mass is 602 g/mol. The highest BCUT2D eigenvalue weighted by molar-refractivity contribution is 6.12. The van der Waals surface area contributed by atoms with Gasteiger partial charge in [-0.05, 0) is 74.4 Å². The van der Waals surface area contributed by atoms with Gasteiger partial charge in [-0.1, -0.05) is 39.0 Å². The molecule has 4 aliphatic rings. The van der Waals surface area contributed by atoms with Crippen molar-refractivity contribution in [2.75, 3.05) is 32.3 Å². The first kappa shape index (κ1) is 30.7. The number of hydrogen-bond donors (Lipinski definition) is 1. The van der Waals surface area contributed by atoms with Crippen LogP contribution >= 0.6 is 0 Å². The molecule has 4 heterocycles. The van der Waals surface area contributed by atoms with Gasteiger partial charge in [0.1, 0.15) is 11.5 Å². The van der Waals surface area contributed by atoms with E-state index in [1.165, 1.54) is 0 Å². The zero-order valence-corrected chi connectivity index (χ0v) is 27.3. The number of rotatable bonds is 7. The molecule has 2 aromatic carbocycles. The third-order valence-corrected chi connectivity index (χ3v) is 10.9. The van der Waals surface area contributed by atoms with Gasteiger partial charge < -0.3 is 24.2 Å². The number of likely N-dealkylation sites (tertiary alicyclic amines) is 1. The van der Waals surface area contributed by atoms with Crippen LogP contribution < -0.4 is 14.4 Å². The minimum absolute atomic E-state index is 0.0395. The average Bonchev–Trinajstić information content (AvgIpc) is 3.66. The van der Waals surface area contributed by atoms with Crippen LogP contribution in [0.2, 0.25) is 0 Å². The summed E-state index contributed by atoms with van der Waals surface area (Å²) >= 11 is 0. The van der Waals surface area contributed by atoms with Gasteiger partial charge in [0, 0.05) is 29.5 Å². The van der Waals surface area contributed by atoms with Crippen LogP contribution in [0.3, 0.4) is 0 Å². The number of allylic oxidation sites excluding steroid dienone is 1. The number of carbonyl (C=O) groups excluding carboxylic acids is 2. The van der Waals surface area contributed by atoms with Crippen molar-refractivity contribution >= 4 is 23.1 Å². The Morgan fingerprint density at radius 1 is 1.11 bits per heavy atom. The Labute approximate surface area is 261 Å². The lowest BCUT2D eigenvalue weighted by atomic mass is 9.63. The molecule has 2 aromatic rings. The average molecular weight is 603 g/mol. The Morgan fingerprint density at radius 2 is 1.80 bits per heavy atom. The molecule has 0 unspecified atom stereocenters. The third-order valence-electron chi connectivity index (χ3n) is 10.9. The Bertz CT molecular complexity index is 1510. The molecule has 0 bridgehead atoms. The number of ether oxygens (including phenoxy) is 3. The van der Waals surface area contributed by atoms with Crippen molar-refractivity contribution in [3.8, 4) is 11.5 Å². The molecule has 8 heteroatoms. The number of methoxy groups -OCH3 is 2. The fourth-order valence-electron chi connectivity index (χ4n) is 8.82. The van der Waals surface area contributed by atoms with Crippen LogP contribution in [0.5, 0.6) is 11.5 Å². The second-order valence-electron chi connectivity index (χ2n) is 14.1. The van der Waals surface area contributed by atoms with Gasteiger partial charge in [0.15, 0.2) is 5.60 Å². The Kier molecular flexibility index (Phi) is 7.40. The fraction of sp³-hybridized carbons (Fsp3) is 0.556. The lowest BCUT2D eigenvalue weighted by Gasteiger charge is -2.40. The SMILES string of the molecule is COc1ccc(C(C)(C)[C@H]2[C@H](CC(=O)N3CCC[C@H]3CO)O[C@@]3(C(=O)N4c5c(cc(OC)cc53)C(C)=CC4(C)C)[C@@H]2C)cc1. The highest BCUT2D eigenvalue weighted by atomic mass is 16.5. The quantitative estimate of drug-likeness (QED) is 0.454. The topological polar surface area (TPSA) is 88.5 Å². The van der Waals surface area contributed by atoms with Gasteiger partial charge in [-0.3, -0.25) is 14.5 Å². The molecule has 1 spiro atoms. The lowest BCUT2D eigenvalue weighted by molar-refractivity contribution is -0.150. The third kappa shape index (κ3) is 4.31. The van der Waals surface area contributed by atoms with Crippen molar-refractivity contribution in [2.24, 2.45) is 11.8 Å². The first-order valence-corrected chi connectivity index (χ1v) is 15.8. The lowest BCUT2D eigenvalue weighted by Crippen LogP contribution is -2.53. The summed E-state index contributed by atoms with van der Waals surface area (Å²) < 4.78 is 18.4. The van der Waals surface area contributed by atoms with Crippen molar-refractivity contribution in [1.29, 1.82) is 0 Å². The first-order valence-electron chi connectivity index (χ1n) is 15.8. The van der Waals surface area contributed by atoms with Crippen LogP contribution in [0.25, 0.3) is 5.57 Å². The molecule has 8 nitrogen and oxygen atoms in total. The van der Waals surface area contributed by atoms with Crippen molar-refractivity contribution in [3.05, 3.63) is 59.2 Å². The van der Waals surface area contributed by atoms with Gasteiger partial charge in [0.2, 0.25) is 5.91 Å². The summed E-state index contributed by atoms with van der Waals surface area (Å²) in [6.07, 6.45) is 3.39. The van der Waals surface area contributed by atoms with E-state index in [0.717, 1.165) is 46.5 Å². The predicted molar refractivity (Wildman–Crippen MR) is 170 cm³/mol. The van der Waals surface area contributed by atoms with E-state index in [-0.39, 0.29) is 42.7 Å². The summed E-state index contributed by atoms with van der Waals surface area (Å²) in [7, 11) is 3.30. The minimum Gasteiger partial charge on any atom is -0.497 e. The van der Waals surface area contributed by atoms with E-state index in [1.54, 1.807) is 19.1 Å². The maximum atomic E-state index is 15.0. The summed E-state index contributed by atoms with van der Waals surface area (Å²) in [5, 5.41) is 9.98. The largest absolute Gasteiger partial charge is 0.497 e. The zero-order chi connectivity index (χ0) is 31.8. The molecular formula is C36H46N2O6.